The molecule has 0 aromatic heterocycles. The average molecular weight is 600 g/mol. The number of benzene rings is 3. The van der Waals surface area contributed by atoms with Gasteiger partial charge in [0.25, 0.3) is 10.0 Å². The molecule has 1 aliphatic heterocycles. The Bertz CT molecular complexity index is 1300. The SMILES string of the molecule is Cl.O=S(=O)(c1ccc(Cl)cc1)N(CCCc1ccccc1OCCCN1CCCCC1)c1cc(F)ccc1F. The van der Waals surface area contributed by atoms with Gasteiger partial charge in [-0.3, -0.25) is 4.31 Å². The van der Waals surface area contributed by atoms with Crippen LogP contribution in [-0.4, -0.2) is 46.1 Å². The van der Waals surface area contributed by atoms with Gasteiger partial charge >= 0.3 is 0 Å². The molecule has 0 N–H and O–H groups in total. The minimum Gasteiger partial charge on any atom is -0.493 e. The van der Waals surface area contributed by atoms with Gasteiger partial charge in [0.1, 0.15) is 17.4 Å². The van der Waals surface area contributed by atoms with Crippen LogP contribution in [0, 0.1) is 11.6 Å². The maximum atomic E-state index is 14.7. The normalized spacial score (nSPS) is 14.0. The zero-order valence-corrected chi connectivity index (χ0v) is 24.1. The number of aryl methyl sites for hydroxylation is 1. The van der Waals surface area contributed by atoms with E-state index in [1.165, 1.54) is 43.5 Å². The van der Waals surface area contributed by atoms with Crippen molar-refractivity contribution in [2.45, 2.75) is 43.4 Å². The van der Waals surface area contributed by atoms with Gasteiger partial charge in [0.2, 0.25) is 0 Å². The van der Waals surface area contributed by atoms with Gasteiger partial charge in [-0.25, -0.2) is 17.2 Å². The summed E-state index contributed by atoms with van der Waals surface area (Å²) in [5.74, 6) is -0.780. The molecule has 39 heavy (non-hydrogen) atoms. The molecule has 0 radical (unpaired) electrons. The molecular weight excluding hydrogens is 565 g/mol. The van der Waals surface area contributed by atoms with Gasteiger partial charge < -0.3 is 9.64 Å². The van der Waals surface area contributed by atoms with Crippen molar-refractivity contribution in [3.05, 3.63) is 89.0 Å². The van der Waals surface area contributed by atoms with Gasteiger partial charge in [-0.05, 0) is 93.2 Å². The first-order valence-electron chi connectivity index (χ1n) is 13.0. The standard InChI is InChI=1S/C29H33ClF2N2O3S.ClH/c30-24-11-14-26(15-12-24)38(35,36)34(28-22-25(31)13-16-27(28)32)20-6-9-23-8-2-3-10-29(23)37-21-7-19-33-17-4-1-5-18-33;/h2-3,8,10-16,22H,1,4-7,9,17-21H2;1H. The lowest BCUT2D eigenvalue weighted by molar-refractivity contribution is 0.204. The third-order valence-corrected chi connectivity index (χ3v) is 8.76. The van der Waals surface area contributed by atoms with Gasteiger partial charge in [-0.15, -0.1) is 12.4 Å². The maximum Gasteiger partial charge on any atom is 0.264 e. The number of halogens is 4. The molecule has 0 amide bonds. The summed E-state index contributed by atoms with van der Waals surface area (Å²) < 4.78 is 62.7. The summed E-state index contributed by atoms with van der Waals surface area (Å²) >= 11 is 5.92. The van der Waals surface area contributed by atoms with Crippen LogP contribution >= 0.6 is 24.0 Å². The lowest BCUT2D eigenvalue weighted by atomic mass is 10.1. The number of ether oxygens (including phenoxy) is 1. The molecule has 212 valence electrons. The second-order valence-corrected chi connectivity index (χ2v) is 11.7. The molecule has 0 bridgehead atoms. The van der Waals surface area contributed by atoms with E-state index in [2.05, 4.69) is 4.90 Å². The highest BCUT2D eigenvalue weighted by atomic mass is 35.5. The molecule has 0 saturated carbocycles. The van der Waals surface area contributed by atoms with Crippen molar-refractivity contribution in [2.75, 3.05) is 37.1 Å². The predicted octanol–water partition coefficient (Wildman–Crippen LogP) is 7.12. The van der Waals surface area contributed by atoms with Crippen LogP contribution < -0.4 is 9.04 Å². The molecule has 1 aliphatic rings. The Hall–Kier alpha value is -2.39. The Balaban J connectivity index is 0.00000420. The van der Waals surface area contributed by atoms with E-state index in [1.807, 2.05) is 24.3 Å². The predicted molar refractivity (Wildman–Crippen MR) is 155 cm³/mol. The highest BCUT2D eigenvalue weighted by molar-refractivity contribution is 7.92. The number of nitrogens with zero attached hydrogens (tertiary/aromatic N) is 2. The zero-order chi connectivity index (χ0) is 27.0. The first-order chi connectivity index (χ1) is 18.3. The molecule has 0 unspecified atom stereocenters. The molecule has 0 spiro atoms. The van der Waals surface area contributed by atoms with E-state index in [1.54, 1.807) is 0 Å². The van der Waals surface area contributed by atoms with Crippen LogP contribution in [0.1, 0.15) is 37.7 Å². The number of piperidine rings is 1. The summed E-state index contributed by atoms with van der Waals surface area (Å²) in [5.41, 5.74) is 0.608. The van der Waals surface area contributed by atoms with Crippen LogP contribution in [0.15, 0.2) is 71.6 Å². The van der Waals surface area contributed by atoms with Gasteiger partial charge in [-0.1, -0.05) is 36.2 Å². The molecule has 3 aromatic carbocycles. The van der Waals surface area contributed by atoms with E-state index >= 15 is 0 Å². The zero-order valence-electron chi connectivity index (χ0n) is 21.7. The molecule has 1 saturated heterocycles. The summed E-state index contributed by atoms with van der Waals surface area (Å²) in [7, 11) is -4.17. The largest absolute Gasteiger partial charge is 0.493 e. The molecule has 4 rings (SSSR count). The molecule has 0 aliphatic carbocycles. The van der Waals surface area contributed by atoms with Crippen LogP contribution in [0.4, 0.5) is 14.5 Å². The first kappa shape index (κ1) is 31.1. The van der Waals surface area contributed by atoms with Crippen LogP contribution in [0.2, 0.25) is 5.02 Å². The minimum atomic E-state index is -4.17. The van der Waals surface area contributed by atoms with Crippen molar-refractivity contribution in [1.29, 1.82) is 0 Å². The monoisotopic (exact) mass is 598 g/mol. The summed E-state index contributed by atoms with van der Waals surface area (Å²) in [6, 6.07) is 16.1. The van der Waals surface area contributed by atoms with Gasteiger partial charge in [0, 0.05) is 24.2 Å². The minimum absolute atomic E-state index is 0. The summed E-state index contributed by atoms with van der Waals surface area (Å²) in [4.78, 5) is 2.42. The number of rotatable bonds is 12. The number of anilines is 1. The lowest BCUT2D eigenvalue weighted by Crippen LogP contribution is -2.33. The Morgan fingerprint density at radius 2 is 1.64 bits per heavy atom. The number of hydrogen-bond donors (Lipinski definition) is 0. The van der Waals surface area contributed by atoms with Crippen LogP contribution in [0.5, 0.6) is 5.75 Å². The number of likely N-dealkylation sites (tertiary alicyclic amines) is 1. The van der Waals surface area contributed by atoms with E-state index in [4.69, 9.17) is 16.3 Å². The third kappa shape index (κ3) is 8.55. The summed E-state index contributed by atoms with van der Waals surface area (Å²) in [6.45, 7) is 3.86. The van der Waals surface area contributed by atoms with E-state index < -0.39 is 21.7 Å². The van der Waals surface area contributed by atoms with Gasteiger partial charge in [0.05, 0.1) is 17.2 Å². The number of para-hydroxylation sites is 1. The Kier molecular flexibility index (Phi) is 11.9. The third-order valence-electron chi connectivity index (χ3n) is 6.68. The number of sulfonamides is 1. The average Bonchev–Trinajstić information content (AvgIpc) is 2.92. The lowest BCUT2D eigenvalue weighted by Gasteiger charge is -2.26. The Labute approximate surface area is 241 Å². The fourth-order valence-electron chi connectivity index (χ4n) is 4.70. The smallest absolute Gasteiger partial charge is 0.264 e. The summed E-state index contributed by atoms with van der Waals surface area (Å²) in [6.07, 6.45) is 5.63. The Morgan fingerprint density at radius 3 is 2.38 bits per heavy atom. The molecule has 1 heterocycles. The fourth-order valence-corrected chi connectivity index (χ4v) is 6.33. The molecule has 0 atom stereocenters. The van der Waals surface area contributed by atoms with Crippen LogP contribution in [-0.2, 0) is 16.4 Å². The number of hydrogen-bond acceptors (Lipinski definition) is 4. The topological polar surface area (TPSA) is 49.9 Å². The van der Waals surface area contributed by atoms with Crippen molar-refractivity contribution in [3.63, 3.8) is 0 Å². The molecular formula is C29H34Cl2F2N2O3S. The van der Waals surface area contributed by atoms with Gasteiger partial charge in [-0.2, -0.15) is 0 Å². The molecule has 1 fully saturated rings. The van der Waals surface area contributed by atoms with Crippen molar-refractivity contribution < 1.29 is 21.9 Å². The summed E-state index contributed by atoms with van der Waals surface area (Å²) in [5, 5.41) is 0.375. The van der Waals surface area contributed by atoms with Crippen molar-refractivity contribution in [1.82, 2.24) is 4.90 Å². The van der Waals surface area contributed by atoms with Crippen LogP contribution in [0.25, 0.3) is 0 Å². The van der Waals surface area contributed by atoms with E-state index in [9.17, 15) is 17.2 Å². The van der Waals surface area contributed by atoms with E-state index in [-0.39, 0.29) is 29.5 Å². The van der Waals surface area contributed by atoms with Crippen molar-refractivity contribution >= 4 is 39.7 Å². The second kappa shape index (κ2) is 14.8. The van der Waals surface area contributed by atoms with E-state index in [0.29, 0.717) is 24.5 Å². The highest BCUT2D eigenvalue weighted by Gasteiger charge is 2.27. The molecule has 5 nitrogen and oxygen atoms in total. The highest BCUT2D eigenvalue weighted by Crippen LogP contribution is 2.29. The fraction of sp³-hybridized carbons (Fsp3) is 0.379. The first-order valence-corrected chi connectivity index (χ1v) is 14.8. The van der Waals surface area contributed by atoms with E-state index in [0.717, 1.165) is 59.9 Å². The van der Waals surface area contributed by atoms with Crippen molar-refractivity contribution in [2.24, 2.45) is 0 Å². The maximum absolute atomic E-state index is 14.7. The molecule has 10 heteroatoms. The van der Waals surface area contributed by atoms with Crippen LogP contribution in [0.3, 0.4) is 0 Å². The Morgan fingerprint density at radius 1 is 0.923 bits per heavy atom. The second-order valence-electron chi connectivity index (χ2n) is 9.44. The molecule has 3 aromatic rings. The van der Waals surface area contributed by atoms with Gasteiger partial charge in [0.15, 0.2) is 0 Å². The van der Waals surface area contributed by atoms with Crippen molar-refractivity contribution in [3.8, 4) is 5.75 Å². The quantitative estimate of drug-likeness (QED) is 0.208.